The van der Waals surface area contributed by atoms with Crippen LogP contribution in [0.2, 0.25) is 0 Å². The van der Waals surface area contributed by atoms with Gasteiger partial charge in [-0.05, 0) is 43.3 Å². The molecule has 0 N–H and O–H groups in total. The van der Waals surface area contributed by atoms with E-state index in [-0.39, 0.29) is 36.0 Å². The van der Waals surface area contributed by atoms with Crippen molar-refractivity contribution in [1.29, 1.82) is 5.26 Å². The molecule has 0 saturated carbocycles. The van der Waals surface area contributed by atoms with E-state index in [1.807, 2.05) is 13.0 Å². The van der Waals surface area contributed by atoms with Crippen LogP contribution in [0.3, 0.4) is 0 Å². The first-order chi connectivity index (χ1) is 12.7. The van der Waals surface area contributed by atoms with Gasteiger partial charge in [-0.25, -0.2) is 16.8 Å². The quantitative estimate of drug-likeness (QED) is 0.769. The molecule has 1 aliphatic rings. The molecule has 0 atom stereocenters. The summed E-state index contributed by atoms with van der Waals surface area (Å²) in [6.45, 7) is 2.21. The van der Waals surface area contributed by atoms with Gasteiger partial charge in [-0.15, -0.1) is 0 Å². The molecule has 0 spiro atoms. The summed E-state index contributed by atoms with van der Waals surface area (Å²) < 4.78 is 53.5. The number of nitrogens with zero attached hydrogens (tertiary/aromatic N) is 3. The summed E-state index contributed by atoms with van der Waals surface area (Å²) in [6.07, 6.45) is 0. The SMILES string of the molecule is Cc1ccc(S(=O)(=O)N2CCN(S(=O)(=O)c3ccc(C#N)cc3)CC2)cc1. The lowest BCUT2D eigenvalue weighted by Gasteiger charge is -2.33. The van der Waals surface area contributed by atoms with Crippen LogP contribution in [0, 0.1) is 18.3 Å². The van der Waals surface area contributed by atoms with Gasteiger partial charge in [0, 0.05) is 26.2 Å². The predicted molar refractivity (Wildman–Crippen MR) is 99.9 cm³/mol. The van der Waals surface area contributed by atoms with Gasteiger partial charge in [-0.2, -0.15) is 13.9 Å². The van der Waals surface area contributed by atoms with Crippen LogP contribution in [0.25, 0.3) is 0 Å². The van der Waals surface area contributed by atoms with Gasteiger partial charge in [0.05, 0.1) is 21.4 Å². The van der Waals surface area contributed by atoms with E-state index >= 15 is 0 Å². The zero-order valence-corrected chi connectivity index (χ0v) is 16.4. The summed E-state index contributed by atoms with van der Waals surface area (Å²) in [5.74, 6) is 0. The number of rotatable bonds is 4. The molecule has 2 aromatic rings. The normalized spacial score (nSPS) is 16.7. The molecular weight excluding hydrogens is 386 g/mol. The van der Waals surface area contributed by atoms with Crippen molar-refractivity contribution in [3.8, 4) is 6.07 Å². The highest BCUT2D eigenvalue weighted by Crippen LogP contribution is 2.22. The van der Waals surface area contributed by atoms with Gasteiger partial charge in [0.15, 0.2) is 0 Å². The molecule has 0 amide bonds. The molecule has 0 radical (unpaired) electrons. The summed E-state index contributed by atoms with van der Waals surface area (Å²) in [5, 5.41) is 8.82. The third-order valence-corrected chi connectivity index (χ3v) is 8.30. The second-order valence-electron chi connectivity index (χ2n) is 6.26. The highest BCUT2D eigenvalue weighted by Gasteiger charge is 2.33. The molecule has 1 aliphatic heterocycles. The van der Waals surface area contributed by atoms with Crippen LogP contribution >= 0.6 is 0 Å². The van der Waals surface area contributed by atoms with Crippen LogP contribution in [-0.2, 0) is 20.0 Å². The zero-order chi connectivity index (χ0) is 19.7. The monoisotopic (exact) mass is 405 g/mol. The number of aryl methyl sites for hydroxylation is 1. The minimum Gasteiger partial charge on any atom is -0.207 e. The molecule has 1 saturated heterocycles. The van der Waals surface area contributed by atoms with Gasteiger partial charge in [-0.3, -0.25) is 0 Å². The smallest absolute Gasteiger partial charge is 0.207 e. The van der Waals surface area contributed by atoms with E-state index in [4.69, 9.17) is 5.26 Å². The van der Waals surface area contributed by atoms with E-state index < -0.39 is 20.0 Å². The fourth-order valence-electron chi connectivity index (χ4n) is 2.86. The first-order valence-electron chi connectivity index (χ1n) is 8.32. The van der Waals surface area contributed by atoms with E-state index in [1.165, 1.54) is 32.9 Å². The van der Waals surface area contributed by atoms with Crippen molar-refractivity contribution in [2.24, 2.45) is 0 Å². The van der Waals surface area contributed by atoms with E-state index in [0.29, 0.717) is 5.56 Å². The Bertz CT molecular complexity index is 1060. The van der Waals surface area contributed by atoms with E-state index in [0.717, 1.165) is 5.56 Å². The Kier molecular flexibility index (Phi) is 5.35. The number of hydrogen-bond donors (Lipinski definition) is 0. The lowest BCUT2D eigenvalue weighted by molar-refractivity contribution is 0.273. The van der Waals surface area contributed by atoms with E-state index in [9.17, 15) is 16.8 Å². The lowest BCUT2D eigenvalue weighted by Crippen LogP contribution is -2.50. The summed E-state index contributed by atoms with van der Waals surface area (Å²) in [4.78, 5) is 0.299. The molecule has 1 fully saturated rings. The van der Waals surface area contributed by atoms with Gasteiger partial charge >= 0.3 is 0 Å². The number of benzene rings is 2. The van der Waals surface area contributed by atoms with Crippen molar-refractivity contribution in [2.45, 2.75) is 16.7 Å². The molecule has 0 aromatic heterocycles. The maximum Gasteiger partial charge on any atom is 0.243 e. The Morgan fingerprint density at radius 3 is 1.48 bits per heavy atom. The minimum absolute atomic E-state index is 0.0768. The van der Waals surface area contributed by atoms with Crippen LogP contribution in [-0.4, -0.2) is 51.6 Å². The average molecular weight is 406 g/mol. The molecule has 7 nitrogen and oxygen atoms in total. The van der Waals surface area contributed by atoms with E-state index in [1.54, 1.807) is 24.3 Å². The van der Waals surface area contributed by atoms with Crippen LogP contribution in [0.1, 0.15) is 11.1 Å². The van der Waals surface area contributed by atoms with Crippen molar-refractivity contribution in [3.63, 3.8) is 0 Å². The first-order valence-corrected chi connectivity index (χ1v) is 11.2. The van der Waals surface area contributed by atoms with Gasteiger partial charge in [0.25, 0.3) is 0 Å². The Hall–Kier alpha value is -2.25. The van der Waals surface area contributed by atoms with E-state index in [2.05, 4.69) is 0 Å². The maximum absolute atomic E-state index is 12.7. The lowest BCUT2D eigenvalue weighted by atomic mass is 10.2. The Morgan fingerprint density at radius 2 is 1.11 bits per heavy atom. The van der Waals surface area contributed by atoms with Crippen molar-refractivity contribution in [3.05, 3.63) is 59.7 Å². The molecule has 0 bridgehead atoms. The predicted octanol–water partition coefficient (Wildman–Crippen LogP) is 1.56. The van der Waals surface area contributed by atoms with Crippen molar-refractivity contribution >= 4 is 20.0 Å². The molecule has 9 heteroatoms. The molecule has 1 heterocycles. The number of hydrogen-bond acceptors (Lipinski definition) is 5. The van der Waals surface area contributed by atoms with Crippen LogP contribution in [0.4, 0.5) is 0 Å². The Balaban J connectivity index is 1.74. The van der Waals surface area contributed by atoms with Gasteiger partial charge < -0.3 is 0 Å². The first kappa shape index (κ1) is 19.5. The number of nitriles is 1. The highest BCUT2D eigenvalue weighted by atomic mass is 32.2. The van der Waals surface area contributed by atoms with Crippen LogP contribution in [0.15, 0.2) is 58.3 Å². The zero-order valence-electron chi connectivity index (χ0n) is 14.7. The Labute approximate surface area is 159 Å². The second kappa shape index (κ2) is 7.40. The van der Waals surface area contributed by atoms with Gasteiger partial charge in [-0.1, -0.05) is 17.7 Å². The minimum atomic E-state index is -3.72. The van der Waals surface area contributed by atoms with Crippen molar-refractivity contribution in [1.82, 2.24) is 8.61 Å². The van der Waals surface area contributed by atoms with Crippen LogP contribution in [0.5, 0.6) is 0 Å². The molecule has 0 aliphatic carbocycles. The summed E-state index contributed by atoms with van der Waals surface area (Å²) in [7, 11) is -7.37. The fraction of sp³-hybridized carbons (Fsp3) is 0.278. The number of sulfonamides is 2. The van der Waals surface area contributed by atoms with Crippen molar-refractivity contribution < 1.29 is 16.8 Å². The molecule has 0 unspecified atom stereocenters. The third kappa shape index (κ3) is 3.89. The molecule has 27 heavy (non-hydrogen) atoms. The van der Waals surface area contributed by atoms with Gasteiger partial charge in [0.1, 0.15) is 0 Å². The molecule has 2 aromatic carbocycles. The molecular formula is C18H19N3O4S2. The number of piperazine rings is 1. The van der Waals surface area contributed by atoms with Gasteiger partial charge in [0.2, 0.25) is 20.0 Å². The fourth-order valence-corrected chi connectivity index (χ4v) is 5.70. The molecule has 142 valence electrons. The third-order valence-electron chi connectivity index (χ3n) is 4.48. The summed E-state index contributed by atoms with van der Waals surface area (Å²) in [6, 6.07) is 14.2. The largest absolute Gasteiger partial charge is 0.243 e. The second-order valence-corrected chi connectivity index (χ2v) is 10.1. The van der Waals surface area contributed by atoms with Crippen LogP contribution < -0.4 is 0 Å². The standard InChI is InChI=1S/C18H19N3O4S2/c1-15-2-6-17(7-3-15)26(22,23)20-10-12-21(13-11-20)27(24,25)18-8-4-16(14-19)5-9-18/h2-9H,10-13H2,1H3. The molecule has 3 rings (SSSR count). The highest BCUT2D eigenvalue weighted by molar-refractivity contribution is 7.89. The maximum atomic E-state index is 12.7. The topological polar surface area (TPSA) is 98.6 Å². The van der Waals surface area contributed by atoms with Crippen molar-refractivity contribution in [2.75, 3.05) is 26.2 Å². The summed E-state index contributed by atoms with van der Waals surface area (Å²) in [5.41, 5.74) is 1.34. The summed E-state index contributed by atoms with van der Waals surface area (Å²) >= 11 is 0. The Morgan fingerprint density at radius 1 is 0.741 bits per heavy atom. The average Bonchev–Trinajstić information content (AvgIpc) is 2.68.